The molecule has 0 spiro atoms. The lowest BCUT2D eigenvalue weighted by Gasteiger charge is -2.25. The van der Waals surface area contributed by atoms with Crippen LogP contribution in [0.5, 0.6) is 5.75 Å². The van der Waals surface area contributed by atoms with Gasteiger partial charge in [0.15, 0.2) is 0 Å². The second-order valence-corrected chi connectivity index (χ2v) is 6.04. The van der Waals surface area contributed by atoms with Crippen LogP contribution in [-0.2, 0) is 6.54 Å². The number of aromatic amines is 1. The van der Waals surface area contributed by atoms with E-state index in [0.29, 0.717) is 6.04 Å². The summed E-state index contributed by atoms with van der Waals surface area (Å²) in [6.07, 6.45) is 0. The predicted molar refractivity (Wildman–Crippen MR) is 93.7 cm³/mol. The van der Waals surface area contributed by atoms with Crippen molar-refractivity contribution in [3.05, 3.63) is 59.4 Å². The minimum absolute atomic E-state index is 0.318. The van der Waals surface area contributed by atoms with Gasteiger partial charge in [-0.15, -0.1) is 0 Å². The van der Waals surface area contributed by atoms with Gasteiger partial charge in [-0.05, 0) is 56.3 Å². The normalized spacial score (nSPS) is 12.7. The van der Waals surface area contributed by atoms with Crippen molar-refractivity contribution in [3.8, 4) is 5.75 Å². The van der Waals surface area contributed by atoms with E-state index in [4.69, 9.17) is 4.74 Å². The highest BCUT2D eigenvalue weighted by molar-refractivity contribution is 5.75. The molecule has 1 N–H and O–H groups in total. The van der Waals surface area contributed by atoms with Crippen molar-refractivity contribution in [1.82, 2.24) is 14.9 Å². The molecule has 2 aromatic carbocycles. The second kappa shape index (κ2) is 6.42. The molecule has 0 radical (unpaired) electrons. The number of hydrogen-bond acceptors (Lipinski definition) is 3. The van der Waals surface area contributed by atoms with Gasteiger partial charge in [0.25, 0.3) is 0 Å². The van der Waals surface area contributed by atoms with Crippen molar-refractivity contribution in [3.63, 3.8) is 0 Å². The van der Waals surface area contributed by atoms with Gasteiger partial charge in [-0.3, -0.25) is 4.90 Å². The van der Waals surface area contributed by atoms with E-state index in [0.717, 1.165) is 29.2 Å². The van der Waals surface area contributed by atoms with Crippen molar-refractivity contribution in [2.45, 2.75) is 26.4 Å². The zero-order chi connectivity index (χ0) is 16.4. The SMILES string of the molecule is COc1ccc(CN(C)C(C)c2ccc3[nH]c(C)nc3c2)cc1. The van der Waals surface area contributed by atoms with Crippen LogP contribution in [0.1, 0.15) is 29.9 Å². The quantitative estimate of drug-likeness (QED) is 0.772. The number of methoxy groups -OCH3 is 1. The molecule has 4 nitrogen and oxygen atoms in total. The summed E-state index contributed by atoms with van der Waals surface area (Å²) >= 11 is 0. The maximum atomic E-state index is 5.21. The molecule has 120 valence electrons. The van der Waals surface area contributed by atoms with E-state index < -0.39 is 0 Å². The Morgan fingerprint density at radius 2 is 1.91 bits per heavy atom. The summed E-state index contributed by atoms with van der Waals surface area (Å²) in [6.45, 7) is 5.10. The number of aromatic nitrogens is 2. The van der Waals surface area contributed by atoms with Gasteiger partial charge in [0.1, 0.15) is 11.6 Å². The summed E-state index contributed by atoms with van der Waals surface area (Å²) in [4.78, 5) is 10.1. The van der Waals surface area contributed by atoms with E-state index >= 15 is 0 Å². The lowest BCUT2D eigenvalue weighted by Crippen LogP contribution is -2.21. The summed E-state index contributed by atoms with van der Waals surface area (Å²) < 4.78 is 5.21. The molecule has 4 heteroatoms. The van der Waals surface area contributed by atoms with Crippen LogP contribution in [0.15, 0.2) is 42.5 Å². The fourth-order valence-electron chi connectivity index (χ4n) is 2.82. The first-order chi connectivity index (χ1) is 11.1. The van der Waals surface area contributed by atoms with Gasteiger partial charge in [0, 0.05) is 12.6 Å². The highest BCUT2D eigenvalue weighted by atomic mass is 16.5. The van der Waals surface area contributed by atoms with Crippen molar-refractivity contribution in [2.75, 3.05) is 14.2 Å². The van der Waals surface area contributed by atoms with Crippen LogP contribution in [0.4, 0.5) is 0 Å². The molecule has 3 aromatic rings. The Kier molecular flexibility index (Phi) is 4.35. The molecule has 0 aliphatic rings. The Labute approximate surface area is 137 Å². The first kappa shape index (κ1) is 15.6. The third-order valence-corrected chi connectivity index (χ3v) is 4.36. The fourth-order valence-corrected chi connectivity index (χ4v) is 2.82. The summed E-state index contributed by atoms with van der Waals surface area (Å²) in [6, 6.07) is 15.0. The first-order valence-electron chi connectivity index (χ1n) is 7.86. The van der Waals surface area contributed by atoms with Crippen LogP contribution in [-0.4, -0.2) is 29.0 Å². The molecule has 0 fully saturated rings. The molecule has 1 aromatic heterocycles. The number of nitrogens with one attached hydrogen (secondary N) is 1. The van der Waals surface area contributed by atoms with Gasteiger partial charge in [-0.25, -0.2) is 4.98 Å². The number of rotatable bonds is 5. The van der Waals surface area contributed by atoms with Crippen molar-refractivity contribution in [1.29, 1.82) is 0 Å². The second-order valence-electron chi connectivity index (χ2n) is 6.04. The number of benzene rings is 2. The summed E-state index contributed by atoms with van der Waals surface area (Å²) in [5, 5.41) is 0. The molecule has 1 atom stereocenters. The molecular weight excluding hydrogens is 286 g/mol. The molecule has 1 unspecified atom stereocenters. The molecule has 0 aliphatic heterocycles. The maximum absolute atomic E-state index is 5.21. The Hall–Kier alpha value is -2.33. The lowest BCUT2D eigenvalue weighted by molar-refractivity contribution is 0.253. The Bertz CT molecular complexity index is 792. The van der Waals surface area contributed by atoms with Crippen LogP contribution < -0.4 is 4.74 Å². The molecule has 0 aliphatic carbocycles. The van der Waals surface area contributed by atoms with Crippen LogP contribution in [0.2, 0.25) is 0 Å². The molecule has 0 saturated carbocycles. The highest BCUT2D eigenvalue weighted by Crippen LogP contribution is 2.24. The standard InChI is InChI=1S/C19H23N3O/c1-13(16-7-10-18-19(11-16)21-14(2)20-18)22(3)12-15-5-8-17(23-4)9-6-15/h5-11,13H,12H2,1-4H3,(H,20,21). The Balaban J connectivity index is 1.75. The van der Waals surface area contributed by atoms with E-state index in [2.05, 4.69) is 59.2 Å². The number of hydrogen-bond donors (Lipinski definition) is 1. The van der Waals surface area contributed by atoms with Gasteiger partial charge in [-0.2, -0.15) is 0 Å². The highest BCUT2D eigenvalue weighted by Gasteiger charge is 2.13. The van der Waals surface area contributed by atoms with E-state index in [1.807, 2.05) is 19.1 Å². The molecular formula is C19H23N3O. The van der Waals surface area contributed by atoms with Crippen LogP contribution in [0.3, 0.4) is 0 Å². The number of nitrogens with zero attached hydrogens (tertiary/aromatic N) is 2. The number of ether oxygens (including phenoxy) is 1. The monoisotopic (exact) mass is 309 g/mol. The number of imidazole rings is 1. The van der Waals surface area contributed by atoms with Crippen molar-refractivity contribution >= 4 is 11.0 Å². The van der Waals surface area contributed by atoms with Crippen molar-refractivity contribution < 1.29 is 4.74 Å². The molecule has 3 rings (SSSR count). The predicted octanol–water partition coefficient (Wildman–Crippen LogP) is 4.07. The van der Waals surface area contributed by atoms with Gasteiger partial charge in [0.2, 0.25) is 0 Å². The minimum Gasteiger partial charge on any atom is -0.497 e. The number of fused-ring (bicyclic) bond motifs is 1. The van der Waals surface area contributed by atoms with E-state index in [1.165, 1.54) is 11.1 Å². The lowest BCUT2D eigenvalue weighted by atomic mass is 10.1. The summed E-state index contributed by atoms with van der Waals surface area (Å²) in [5.74, 6) is 1.85. The van der Waals surface area contributed by atoms with E-state index in [9.17, 15) is 0 Å². The molecule has 0 saturated heterocycles. The zero-order valence-electron chi connectivity index (χ0n) is 14.1. The van der Waals surface area contributed by atoms with E-state index in [-0.39, 0.29) is 0 Å². The average Bonchev–Trinajstić information content (AvgIpc) is 2.93. The third kappa shape index (κ3) is 3.37. The third-order valence-electron chi connectivity index (χ3n) is 4.36. The van der Waals surface area contributed by atoms with E-state index in [1.54, 1.807) is 7.11 Å². The van der Waals surface area contributed by atoms with Gasteiger partial charge < -0.3 is 9.72 Å². The smallest absolute Gasteiger partial charge is 0.118 e. The Morgan fingerprint density at radius 1 is 1.17 bits per heavy atom. The molecule has 23 heavy (non-hydrogen) atoms. The van der Waals surface area contributed by atoms with Crippen LogP contribution in [0, 0.1) is 6.92 Å². The van der Waals surface area contributed by atoms with Crippen LogP contribution in [0.25, 0.3) is 11.0 Å². The Morgan fingerprint density at radius 3 is 2.61 bits per heavy atom. The topological polar surface area (TPSA) is 41.1 Å². The molecule has 0 amide bonds. The largest absolute Gasteiger partial charge is 0.497 e. The fraction of sp³-hybridized carbons (Fsp3) is 0.316. The van der Waals surface area contributed by atoms with Gasteiger partial charge >= 0.3 is 0 Å². The molecule has 0 bridgehead atoms. The van der Waals surface area contributed by atoms with Gasteiger partial charge in [0.05, 0.1) is 18.1 Å². The minimum atomic E-state index is 0.318. The number of H-pyrrole nitrogens is 1. The van der Waals surface area contributed by atoms with Crippen LogP contribution >= 0.6 is 0 Å². The zero-order valence-corrected chi connectivity index (χ0v) is 14.1. The van der Waals surface area contributed by atoms with Gasteiger partial charge in [-0.1, -0.05) is 18.2 Å². The number of aryl methyl sites for hydroxylation is 1. The first-order valence-corrected chi connectivity index (χ1v) is 7.86. The summed E-state index contributed by atoms with van der Waals surface area (Å²) in [7, 11) is 3.84. The average molecular weight is 309 g/mol. The van der Waals surface area contributed by atoms with Crippen molar-refractivity contribution in [2.24, 2.45) is 0 Å². The maximum Gasteiger partial charge on any atom is 0.118 e. The summed E-state index contributed by atoms with van der Waals surface area (Å²) in [5.41, 5.74) is 4.68. The molecule has 1 heterocycles.